The maximum absolute atomic E-state index is 11.7. The van der Waals surface area contributed by atoms with Gasteiger partial charge in [-0.25, -0.2) is 4.98 Å². The predicted octanol–water partition coefficient (Wildman–Crippen LogP) is 2.23. The standard InChI is InChI=1S/C12H15BrN2O2S/c13-10-4-1-5-14-12(10)18-8-11(16)15-7-9-3-2-6-17-9/h1,4-5,9H,2-3,6-8H2,(H,15,16). The lowest BCUT2D eigenvalue weighted by Crippen LogP contribution is -2.32. The highest BCUT2D eigenvalue weighted by Gasteiger charge is 2.16. The Balaban J connectivity index is 1.69. The van der Waals surface area contributed by atoms with E-state index in [0.717, 1.165) is 28.9 Å². The second-order valence-corrected chi connectivity index (χ2v) is 5.84. The van der Waals surface area contributed by atoms with Gasteiger partial charge in [0.15, 0.2) is 0 Å². The number of amides is 1. The van der Waals surface area contributed by atoms with Crippen LogP contribution in [0.2, 0.25) is 0 Å². The third-order valence-corrected chi connectivity index (χ3v) is 4.52. The highest BCUT2D eigenvalue weighted by molar-refractivity contribution is 9.10. The SMILES string of the molecule is O=C(CSc1ncccc1Br)NCC1CCCO1. The van der Waals surface area contributed by atoms with Crippen molar-refractivity contribution in [2.75, 3.05) is 18.9 Å². The summed E-state index contributed by atoms with van der Waals surface area (Å²) < 4.78 is 6.36. The quantitative estimate of drug-likeness (QED) is 0.841. The van der Waals surface area contributed by atoms with E-state index in [1.54, 1.807) is 6.20 Å². The molecule has 1 amide bonds. The van der Waals surface area contributed by atoms with E-state index < -0.39 is 0 Å². The van der Waals surface area contributed by atoms with Crippen LogP contribution in [0, 0.1) is 0 Å². The third kappa shape index (κ3) is 4.26. The van der Waals surface area contributed by atoms with Gasteiger partial charge in [-0.05, 0) is 40.9 Å². The lowest BCUT2D eigenvalue weighted by molar-refractivity contribution is -0.119. The molecule has 1 aliphatic heterocycles. The summed E-state index contributed by atoms with van der Waals surface area (Å²) in [6.45, 7) is 1.43. The fraction of sp³-hybridized carbons (Fsp3) is 0.500. The number of rotatable bonds is 5. The normalized spacial score (nSPS) is 18.8. The zero-order valence-corrected chi connectivity index (χ0v) is 12.3. The van der Waals surface area contributed by atoms with Crippen LogP contribution in [0.5, 0.6) is 0 Å². The summed E-state index contributed by atoms with van der Waals surface area (Å²) in [5.74, 6) is 0.399. The van der Waals surface area contributed by atoms with Crippen molar-refractivity contribution in [3.05, 3.63) is 22.8 Å². The van der Waals surface area contributed by atoms with E-state index in [4.69, 9.17) is 4.74 Å². The Labute approximate surface area is 119 Å². The van der Waals surface area contributed by atoms with E-state index in [1.807, 2.05) is 12.1 Å². The Bertz CT molecular complexity index is 411. The van der Waals surface area contributed by atoms with Crippen molar-refractivity contribution in [2.45, 2.75) is 24.0 Å². The molecule has 1 saturated heterocycles. The number of aromatic nitrogens is 1. The van der Waals surface area contributed by atoms with E-state index >= 15 is 0 Å². The van der Waals surface area contributed by atoms with Crippen molar-refractivity contribution in [3.8, 4) is 0 Å². The van der Waals surface area contributed by atoms with Crippen molar-refractivity contribution >= 4 is 33.6 Å². The fourth-order valence-electron chi connectivity index (χ4n) is 1.70. The molecule has 98 valence electrons. The molecule has 18 heavy (non-hydrogen) atoms. The molecule has 2 rings (SSSR count). The molecule has 1 aromatic rings. The molecule has 0 bridgehead atoms. The van der Waals surface area contributed by atoms with Gasteiger partial charge in [-0.15, -0.1) is 0 Å². The molecule has 0 aromatic carbocycles. The van der Waals surface area contributed by atoms with Crippen LogP contribution in [0.15, 0.2) is 27.8 Å². The number of nitrogens with one attached hydrogen (secondary N) is 1. The van der Waals surface area contributed by atoms with E-state index in [2.05, 4.69) is 26.2 Å². The van der Waals surface area contributed by atoms with Crippen LogP contribution in [0.4, 0.5) is 0 Å². The first-order chi connectivity index (χ1) is 8.75. The molecule has 1 N–H and O–H groups in total. The van der Waals surface area contributed by atoms with E-state index in [0.29, 0.717) is 12.3 Å². The summed E-state index contributed by atoms with van der Waals surface area (Å²) in [6, 6.07) is 3.77. The van der Waals surface area contributed by atoms with Crippen molar-refractivity contribution < 1.29 is 9.53 Å². The number of halogens is 1. The number of nitrogens with zero attached hydrogens (tertiary/aromatic N) is 1. The van der Waals surface area contributed by atoms with Crippen molar-refractivity contribution in [3.63, 3.8) is 0 Å². The minimum absolute atomic E-state index is 0.0213. The van der Waals surface area contributed by atoms with Crippen LogP contribution in [0.3, 0.4) is 0 Å². The molecule has 0 radical (unpaired) electrons. The lowest BCUT2D eigenvalue weighted by Gasteiger charge is -2.10. The molecule has 0 spiro atoms. The van der Waals surface area contributed by atoms with Gasteiger partial charge in [-0.2, -0.15) is 0 Å². The van der Waals surface area contributed by atoms with E-state index in [9.17, 15) is 4.79 Å². The van der Waals surface area contributed by atoms with Gasteiger partial charge in [-0.1, -0.05) is 11.8 Å². The summed E-state index contributed by atoms with van der Waals surface area (Å²) in [5, 5.41) is 3.72. The number of hydrogen-bond acceptors (Lipinski definition) is 4. The van der Waals surface area contributed by atoms with Gasteiger partial charge < -0.3 is 10.1 Å². The van der Waals surface area contributed by atoms with Crippen molar-refractivity contribution in [2.24, 2.45) is 0 Å². The van der Waals surface area contributed by atoms with Crippen LogP contribution < -0.4 is 5.32 Å². The van der Waals surface area contributed by atoms with Crippen molar-refractivity contribution in [1.82, 2.24) is 10.3 Å². The van der Waals surface area contributed by atoms with Gasteiger partial charge in [0, 0.05) is 23.8 Å². The van der Waals surface area contributed by atoms with E-state index in [-0.39, 0.29) is 12.0 Å². The van der Waals surface area contributed by atoms with Crippen LogP contribution in [-0.4, -0.2) is 35.9 Å². The summed E-state index contributed by atoms with van der Waals surface area (Å²) in [7, 11) is 0. The molecule has 2 heterocycles. The largest absolute Gasteiger partial charge is 0.376 e. The van der Waals surface area contributed by atoms with Gasteiger partial charge in [0.05, 0.1) is 11.9 Å². The topological polar surface area (TPSA) is 51.2 Å². The molecule has 1 atom stereocenters. The van der Waals surface area contributed by atoms with Crippen molar-refractivity contribution in [1.29, 1.82) is 0 Å². The summed E-state index contributed by atoms with van der Waals surface area (Å²) in [4.78, 5) is 15.9. The minimum atomic E-state index is 0.0213. The van der Waals surface area contributed by atoms with Gasteiger partial charge >= 0.3 is 0 Å². The average Bonchev–Trinajstić information content (AvgIpc) is 2.88. The highest BCUT2D eigenvalue weighted by Crippen LogP contribution is 2.24. The number of carbonyl (C=O) groups excluding carboxylic acids is 1. The predicted molar refractivity (Wildman–Crippen MR) is 74.6 cm³/mol. The monoisotopic (exact) mass is 330 g/mol. The lowest BCUT2D eigenvalue weighted by atomic mass is 10.2. The number of thioether (sulfide) groups is 1. The minimum Gasteiger partial charge on any atom is -0.376 e. The zero-order valence-electron chi connectivity index (χ0n) is 9.89. The first-order valence-corrected chi connectivity index (χ1v) is 7.65. The Morgan fingerprint density at radius 1 is 1.67 bits per heavy atom. The van der Waals surface area contributed by atoms with Crippen LogP contribution >= 0.6 is 27.7 Å². The molecule has 0 aliphatic carbocycles. The second kappa shape index (κ2) is 7.11. The van der Waals surface area contributed by atoms with Crippen LogP contribution in [-0.2, 0) is 9.53 Å². The van der Waals surface area contributed by atoms with Gasteiger partial charge in [0.1, 0.15) is 5.03 Å². The first-order valence-electron chi connectivity index (χ1n) is 5.87. The Kier molecular flexibility index (Phi) is 5.46. The Morgan fingerprint density at radius 2 is 2.56 bits per heavy atom. The number of pyridine rings is 1. The van der Waals surface area contributed by atoms with Crippen LogP contribution in [0.1, 0.15) is 12.8 Å². The second-order valence-electron chi connectivity index (χ2n) is 4.02. The third-order valence-electron chi connectivity index (χ3n) is 2.62. The Hall–Kier alpha value is -0.590. The molecule has 1 aromatic heterocycles. The average molecular weight is 331 g/mol. The zero-order chi connectivity index (χ0) is 12.8. The molecular weight excluding hydrogens is 316 g/mol. The summed E-state index contributed by atoms with van der Waals surface area (Å²) in [5.41, 5.74) is 0. The molecular formula is C12H15BrN2O2S. The van der Waals surface area contributed by atoms with Gasteiger partial charge in [-0.3, -0.25) is 4.79 Å². The number of ether oxygens (including phenoxy) is 1. The smallest absolute Gasteiger partial charge is 0.230 e. The van der Waals surface area contributed by atoms with Gasteiger partial charge in [0.2, 0.25) is 5.91 Å². The summed E-state index contributed by atoms with van der Waals surface area (Å²) in [6.07, 6.45) is 4.05. The molecule has 1 aliphatic rings. The van der Waals surface area contributed by atoms with E-state index in [1.165, 1.54) is 11.8 Å². The Morgan fingerprint density at radius 3 is 3.28 bits per heavy atom. The maximum atomic E-state index is 11.7. The molecule has 4 nitrogen and oxygen atoms in total. The number of hydrogen-bond donors (Lipinski definition) is 1. The highest BCUT2D eigenvalue weighted by atomic mass is 79.9. The molecule has 1 fully saturated rings. The molecule has 0 saturated carbocycles. The first kappa shape index (κ1) is 13.8. The maximum Gasteiger partial charge on any atom is 0.230 e. The molecule has 6 heteroatoms. The molecule has 1 unspecified atom stereocenters. The van der Waals surface area contributed by atoms with Gasteiger partial charge in [0.25, 0.3) is 0 Å². The number of carbonyl (C=O) groups is 1. The fourth-order valence-corrected chi connectivity index (χ4v) is 3.00. The van der Waals surface area contributed by atoms with Crippen LogP contribution in [0.25, 0.3) is 0 Å². The summed E-state index contributed by atoms with van der Waals surface area (Å²) >= 11 is 4.83.